The summed E-state index contributed by atoms with van der Waals surface area (Å²) in [7, 11) is 0. The second-order valence-electron chi connectivity index (χ2n) is 2.70. The fourth-order valence-electron chi connectivity index (χ4n) is 0.893. The van der Waals surface area contributed by atoms with Crippen LogP contribution in [0.1, 0.15) is 12.5 Å². The Hall–Kier alpha value is -1.52. The molecule has 0 aromatic heterocycles. The van der Waals surface area contributed by atoms with E-state index in [4.69, 9.17) is 0 Å². The lowest BCUT2D eigenvalue weighted by atomic mass is 10.2. The Balaban J connectivity index is 3.25. The van der Waals surface area contributed by atoms with Crippen molar-refractivity contribution in [2.75, 3.05) is 0 Å². The summed E-state index contributed by atoms with van der Waals surface area (Å²) in [6.07, 6.45) is 0. The Bertz CT molecular complexity index is 388. The molecule has 2 nitrogen and oxygen atoms in total. The van der Waals surface area contributed by atoms with Crippen LogP contribution in [0.2, 0.25) is 0 Å². The molecule has 76 valence electrons. The summed E-state index contributed by atoms with van der Waals surface area (Å²) >= 11 is 0. The molecule has 0 heterocycles. The standard InChI is InChI=1S/C9H7F3O2/c1-4-6(10)3-7(14-5(2)13)9(12)8(4)11/h3H,1-2H3. The van der Waals surface area contributed by atoms with Crippen LogP contribution in [0.5, 0.6) is 5.75 Å². The molecular formula is C9H7F3O2. The average molecular weight is 204 g/mol. The maximum atomic E-state index is 13.0. The van der Waals surface area contributed by atoms with Gasteiger partial charge in [0.25, 0.3) is 0 Å². The van der Waals surface area contributed by atoms with Crippen molar-refractivity contribution in [1.82, 2.24) is 0 Å². The Morgan fingerprint density at radius 1 is 1.29 bits per heavy atom. The summed E-state index contributed by atoms with van der Waals surface area (Å²) in [6, 6.07) is 0.634. The van der Waals surface area contributed by atoms with E-state index in [1.165, 1.54) is 0 Å². The number of halogens is 3. The van der Waals surface area contributed by atoms with Crippen LogP contribution in [0.15, 0.2) is 6.07 Å². The van der Waals surface area contributed by atoms with Gasteiger partial charge in [0.05, 0.1) is 0 Å². The quantitative estimate of drug-likeness (QED) is 0.398. The van der Waals surface area contributed by atoms with Crippen molar-refractivity contribution in [2.45, 2.75) is 13.8 Å². The van der Waals surface area contributed by atoms with Crippen molar-refractivity contribution in [2.24, 2.45) is 0 Å². The normalized spacial score (nSPS) is 10.1. The van der Waals surface area contributed by atoms with Gasteiger partial charge in [0.2, 0.25) is 5.82 Å². The number of hydrogen-bond acceptors (Lipinski definition) is 2. The van der Waals surface area contributed by atoms with Crippen molar-refractivity contribution in [3.8, 4) is 5.75 Å². The molecule has 0 fully saturated rings. The molecule has 1 aromatic carbocycles. The van der Waals surface area contributed by atoms with Gasteiger partial charge in [0.15, 0.2) is 11.6 Å². The monoisotopic (exact) mass is 204 g/mol. The first-order valence-electron chi connectivity index (χ1n) is 3.76. The largest absolute Gasteiger partial charge is 0.423 e. The fraction of sp³-hybridized carbons (Fsp3) is 0.222. The molecule has 0 bridgehead atoms. The third kappa shape index (κ3) is 1.86. The zero-order valence-corrected chi connectivity index (χ0v) is 7.53. The van der Waals surface area contributed by atoms with Gasteiger partial charge in [-0.1, -0.05) is 0 Å². The first kappa shape index (κ1) is 10.6. The highest BCUT2D eigenvalue weighted by atomic mass is 19.2. The highest BCUT2D eigenvalue weighted by Crippen LogP contribution is 2.25. The second-order valence-corrected chi connectivity index (χ2v) is 2.70. The molecule has 0 saturated carbocycles. The van der Waals surface area contributed by atoms with Crippen LogP contribution >= 0.6 is 0 Å². The van der Waals surface area contributed by atoms with Gasteiger partial charge in [0.1, 0.15) is 5.82 Å². The summed E-state index contributed by atoms with van der Waals surface area (Å²) < 4.78 is 43.0. The molecule has 0 N–H and O–H groups in total. The predicted octanol–water partition coefficient (Wildman–Crippen LogP) is 2.34. The molecule has 1 aromatic rings. The van der Waals surface area contributed by atoms with Crippen LogP contribution in [0.3, 0.4) is 0 Å². The molecule has 0 unspecified atom stereocenters. The summed E-state index contributed by atoms with van der Waals surface area (Å²) in [4.78, 5) is 10.4. The minimum atomic E-state index is -1.36. The van der Waals surface area contributed by atoms with E-state index in [1.807, 2.05) is 0 Å². The summed E-state index contributed by atoms with van der Waals surface area (Å²) in [5, 5.41) is 0. The Morgan fingerprint density at radius 3 is 2.36 bits per heavy atom. The van der Waals surface area contributed by atoms with E-state index < -0.39 is 34.7 Å². The van der Waals surface area contributed by atoms with Gasteiger partial charge in [-0.15, -0.1) is 0 Å². The SMILES string of the molecule is CC(=O)Oc1cc(F)c(C)c(F)c1F. The van der Waals surface area contributed by atoms with E-state index in [0.29, 0.717) is 6.07 Å². The van der Waals surface area contributed by atoms with E-state index in [2.05, 4.69) is 4.74 Å². The lowest BCUT2D eigenvalue weighted by Gasteiger charge is -2.06. The van der Waals surface area contributed by atoms with Gasteiger partial charge in [-0.05, 0) is 6.92 Å². The predicted molar refractivity (Wildman–Crippen MR) is 42.4 cm³/mol. The number of carbonyl (C=O) groups is 1. The van der Waals surface area contributed by atoms with E-state index in [-0.39, 0.29) is 0 Å². The third-order valence-electron chi connectivity index (χ3n) is 1.61. The molecule has 0 aliphatic heterocycles. The summed E-state index contributed by atoms with van der Waals surface area (Å²) in [5.41, 5.74) is -0.446. The smallest absolute Gasteiger partial charge is 0.308 e. The number of hydrogen-bond donors (Lipinski definition) is 0. The van der Waals surface area contributed by atoms with Gasteiger partial charge < -0.3 is 4.74 Å². The molecule has 0 radical (unpaired) electrons. The van der Waals surface area contributed by atoms with Crippen LogP contribution in [0.25, 0.3) is 0 Å². The van der Waals surface area contributed by atoms with E-state index in [1.54, 1.807) is 0 Å². The zero-order valence-electron chi connectivity index (χ0n) is 7.53. The molecule has 1 rings (SSSR count). The van der Waals surface area contributed by atoms with Gasteiger partial charge >= 0.3 is 5.97 Å². The van der Waals surface area contributed by atoms with Gasteiger partial charge in [0, 0.05) is 18.6 Å². The van der Waals surface area contributed by atoms with Gasteiger partial charge in [-0.25, -0.2) is 8.78 Å². The first-order chi connectivity index (χ1) is 6.43. The van der Waals surface area contributed by atoms with Crippen LogP contribution in [0, 0.1) is 24.4 Å². The third-order valence-corrected chi connectivity index (χ3v) is 1.61. The lowest BCUT2D eigenvalue weighted by molar-refractivity contribution is -0.132. The first-order valence-corrected chi connectivity index (χ1v) is 3.76. The van der Waals surface area contributed by atoms with Crippen molar-refractivity contribution < 1.29 is 22.7 Å². The van der Waals surface area contributed by atoms with E-state index in [9.17, 15) is 18.0 Å². The highest BCUT2D eigenvalue weighted by molar-refractivity contribution is 5.69. The van der Waals surface area contributed by atoms with Crippen molar-refractivity contribution in [3.63, 3.8) is 0 Å². The maximum Gasteiger partial charge on any atom is 0.308 e. The average Bonchev–Trinajstić information content (AvgIpc) is 2.10. The molecule has 14 heavy (non-hydrogen) atoms. The molecule has 0 amide bonds. The van der Waals surface area contributed by atoms with Crippen molar-refractivity contribution >= 4 is 5.97 Å². The fourth-order valence-corrected chi connectivity index (χ4v) is 0.893. The highest BCUT2D eigenvalue weighted by Gasteiger charge is 2.17. The molecular weight excluding hydrogens is 197 g/mol. The molecule has 0 saturated heterocycles. The Labute approximate surface area is 78.3 Å². The number of ether oxygens (including phenoxy) is 1. The van der Waals surface area contributed by atoms with E-state index in [0.717, 1.165) is 13.8 Å². The number of benzene rings is 1. The van der Waals surface area contributed by atoms with Crippen LogP contribution in [-0.4, -0.2) is 5.97 Å². The van der Waals surface area contributed by atoms with Crippen LogP contribution in [-0.2, 0) is 4.79 Å². The second kappa shape index (κ2) is 3.69. The Kier molecular flexibility index (Phi) is 2.78. The molecule has 5 heteroatoms. The molecule has 0 aliphatic carbocycles. The minimum Gasteiger partial charge on any atom is -0.423 e. The molecule has 0 spiro atoms. The van der Waals surface area contributed by atoms with Crippen molar-refractivity contribution in [1.29, 1.82) is 0 Å². The summed E-state index contributed by atoms with van der Waals surface area (Å²) in [6.45, 7) is 2.10. The number of esters is 1. The van der Waals surface area contributed by atoms with Crippen LogP contribution in [0.4, 0.5) is 13.2 Å². The number of rotatable bonds is 1. The molecule has 0 aliphatic rings. The van der Waals surface area contributed by atoms with Crippen molar-refractivity contribution in [3.05, 3.63) is 29.1 Å². The van der Waals surface area contributed by atoms with E-state index >= 15 is 0 Å². The lowest BCUT2D eigenvalue weighted by Crippen LogP contribution is -2.06. The van der Waals surface area contributed by atoms with Crippen LogP contribution < -0.4 is 4.74 Å². The Morgan fingerprint density at radius 2 is 1.86 bits per heavy atom. The number of carbonyl (C=O) groups excluding carboxylic acids is 1. The topological polar surface area (TPSA) is 26.3 Å². The maximum absolute atomic E-state index is 13.0. The minimum absolute atomic E-state index is 0.446. The molecule has 0 atom stereocenters. The zero-order chi connectivity index (χ0) is 10.9. The van der Waals surface area contributed by atoms with Gasteiger partial charge in [-0.3, -0.25) is 4.79 Å². The van der Waals surface area contributed by atoms with Gasteiger partial charge in [-0.2, -0.15) is 4.39 Å². The summed E-state index contributed by atoms with van der Waals surface area (Å²) in [5.74, 6) is -5.25.